The van der Waals surface area contributed by atoms with Crippen molar-refractivity contribution in [1.29, 1.82) is 0 Å². The molecule has 0 spiro atoms. The third-order valence-electron chi connectivity index (χ3n) is 4.75. The second kappa shape index (κ2) is 7.97. The van der Waals surface area contributed by atoms with Crippen molar-refractivity contribution in [2.75, 3.05) is 13.2 Å². The average molecular weight is 419 g/mol. The van der Waals surface area contributed by atoms with E-state index in [1.54, 1.807) is 19.1 Å². The Labute approximate surface area is 163 Å². The number of nitrogens with one attached hydrogen (secondary N) is 1. The molecule has 0 unspecified atom stereocenters. The van der Waals surface area contributed by atoms with Gasteiger partial charge in [-0.15, -0.1) is 0 Å². The average Bonchev–Trinajstić information content (AvgIpc) is 2.66. The van der Waals surface area contributed by atoms with Crippen molar-refractivity contribution >= 4 is 0 Å². The molecule has 2 aromatic carbocycles. The Balaban J connectivity index is 1.86. The molecule has 1 saturated heterocycles. The first-order valence-electron chi connectivity index (χ1n) is 8.83. The number of hydrogen-bond donors (Lipinski definition) is 1. The Morgan fingerprint density at radius 3 is 2.14 bits per heavy atom. The molecule has 0 saturated carbocycles. The van der Waals surface area contributed by atoms with Crippen molar-refractivity contribution in [1.82, 2.24) is 5.32 Å². The summed E-state index contributed by atoms with van der Waals surface area (Å²) in [5.74, 6) is 0. The van der Waals surface area contributed by atoms with Gasteiger partial charge in [0.2, 0.25) is 0 Å². The molecule has 29 heavy (non-hydrogen) atoms. The number of benzene rings is 2. The molecule has 2 aromatic rings. The van der Waals surface area contributed by atoms with Crippen LogP contribution < -0.4 is 5.32 Å². The molecule has 1 N–H and O–H groups in total. The minimum absolute atomic E-state index is 0.0968. The minimum Gasteiger partial charge on any atom is -0.365 e. The molecule has 1 heterocycles. The molecule has 0 aromatic heterocycles. The number of rotatable bonds is 4. The van der Waals surface area contributed by atoms with E-state index in [4.69, 9.17) is 9.47 Å². The smallest absolute Gasteiger partial charge is 0.365 e. The second-order valence-electron chi connectivity index (χ2n) is 6.88. The third kappa shape index (κ3) is 4.91. The summed E-state index contributed by atoms with van der Waals surface area (Å²) in [6.45, 7) is 2.12. The van der Waals surface area contributed by atoms with Gasteiger partial charge in [-0.1, -0.05) is 30.3 Å². The van der Waals surface area contributed by atoms with Gasteiger partial charge in [-0.2, -0.15) is 26.3 Å². The lowest BCUT2D eigenvalue weighted by Crippen LogP contribution is -2.55. The molecule has 9 heteroatoms. The van der Waals surface area contributed by atoms with Crippen LogP contribution in [0.15, 0.2) is 48.5 Å². The van der Waals surface area contributed by atoms with Crippen LogP contribution in [0.25, 0.3) is 0 Å². The standard InChI is InChI=1S/C20H19F6NO2/c1-18(14-5-3-2-4-6-14)17(27-7-8-29-18)28-12-13-9-15(19(21,22)23)11-16(10-13)20(24,25)26/h2-6,9-11,17,27H,7-8,12H2,1H3/t17-,18-/m1/s1. The first kappa shape index (κ1) is 21.6. The maximum Gasteiger partial charge on any atom is 0.416 e. The first-order chi connectivity index (χ1) is 13.5. The zero-order chi connectivity index (χ0) is 21.3. The Morgan fingerprint density at radius 2 is 1.59 bits per heavy atom. The van der Waals surface area contributed by atoms with E-state index in [-0.39, 0.29) is 11.6 Å². The van der Waals surface area contributed by atoms with Gasteiger partial charge in [0.25, 0.3) is 0 Å². The van der Waals surface area contributed by atoms with E-state index in [0.29, 0.717) is 25.3 Å². The molecular formula is C20H19F6NO2. The molecule has 0 bridgehead atoms. The van der Waals surface area contributed by atoms with Crippen LogP contribution in [0.2, 0.25) is 0 Å². The molecule has 1 aliphatic heterocycles. The van der Waals surface area contributed by atoms with Gasteiger partial charge >= 0.3 is 12.4 Å². The topological polar surface area (TPSA) is 30.5 Å². The van der Waals surface area contributed by atoms with Crippen LogP contribution in [0.5, 0.6) is 0 Å². The van der Waals surface area contributed by atoms with E-state index in [2.05, 4.69) is 5.32 Å². The summed E-state index contributed by atoms with van der Waals surface area (Å²) in [7, 11) is 0. The third-order valence-corrected chi connectivity index (χ3v) is 4.75. The predicted molar refractivity (Wildman–Crippen MR) is 92.8 cm³/mol. The van der Waals surface area contributed by atoms with Crippen molar-refractivity contribution < 1.29 is 35.8 Å². The lowest BCUT2D eigenvalue weighted by atomic mass is 9.92. The highest BCUT2D eigenvalue weighted by atomic mass is 19.4. The summed E-state index contributed by atoms with van der Waals surface area (Å²) in [5.41, 5.74) is -3.14. The van der Waals surface area contributed by atoms with E-state index in [0.717, 1.165) is 5.56 Å². The molecule has 1 aliphatic rings. The lowest BCUT2D eigenvalue weighted by molar-refractivity contribution is -0.184. The highest BCUT2D eigenvalue weighted by Gasteiger charge is 2.41. The fourth-order valence-corrected chi connectivity index (χ4v) is 3.23. The van der Waals surface area contributed by atoms with Crippen molar-refractivity contribution in [3.05, 3.63) is 70.8 Å². The summed E-state index contributed by atoms with van der Waals surface area (Å²) in [6.07, 6.45) is -10.6. The van der Waals surface area contributed by atoms with Gasteiger partial charge in [-0.3, -0.25) is 5.32 Å². The fraction of sp³-hybridized carbons (Fsp3) is 0.400. The molecule has 3 rings (SSSR count). The predicted octanol–water partition coefficient (Wildman–Crippen LogP) is 5.10. The van der Waals surface area contributed by atoms with E-state index in [1.165, 1.54) is 0 Å². The quantitative estimate of drug-likeness (QED) is 0.700. The Morgan fingerprint density at radius 1 is 1.00 bits per heavy atom. The largest absolute Gasteiger partial charge is 0.416 e. The lowest BCUT2D eigenvalue weighted by Gasteiger charge is -2.42. The molecule has 0 amide bonds. The highest BCUT2D eigenvalue weighted by Crippen LogP contribution is 2.37. The van der Waals surface area contributed by atoms with Gasteiger partial charge < -0.3 is 9.47 Å². The van der Waals surface area contributed by atoms with Crippen LogP contribution >= 0.6 is 0 Å². The van der Waals surface area contributed by atoms with Gasteiger partial charge in [0.1, 0.15) is 11.8 Å². The monoisotopic (exact) mass is 419 g/mol. The molecule has 0 radical (unpaired) electrons. The van der Waals surface area contributed by atoms with Gasteiger partial charge in [-0.05, 0) is 36.2 Å². The van der Waals surface area contributed by atoms with Crippen LogP contribution in [-0.4, -0.2) is 19.4 Å². The van der Waals surface area contributed by atoms with Crippen molar-refractivity contribution in [2.45, 2.75) is 37.7 Å². The Kier molecular flexibility index (Phi) is 5.93. The van der Waals surface area contributed by atoms with Crippen LogP contribution in [-0.2, 0) is 34.0 Å². The van der Waals surface area contributed by atoms with Gasteiger partial charge in [0.15, 0.2) is 0 Å². The summed E-state index contributed by atoms with van der Waals surface area (Å²) in [5, 5.41) is 3.08. The Bertz CT molecular complexity index is 805. The molecule has 158 valence electrons. The second-order valence-corrected chi connectivity index (χ2v) is 6.88. The van der Waals surface area contributed by atoms with Gasteiger partial charge in [-0.25, -0.2) is 0 Å². The number of alkyl halides is 6. The summed E-state index contributed by atoms with van der Waals surface area (Å²) < 4.78 is 89.8. The van der Waals surface area contributed by atoms with Gasteiger partial charge in [0.05, 0.1) is 24.3 Å². The van der Waals surface area contributed by atoms with Crippen molar-refractivity contribution in [2.24, 2.45) is 0 Å². The summed E-state index contributed by atoms with van der Waals surface area (Å²) >= 11 is 0. The zero-order valence-corrected chi connectivity index (χ0v) is 15.4. The van der Waals surface area contributed by atoms with E-state index < -0.39 is 41.9 Å². The van der Waals surface area contributed by atoms with Crippen molar-refractivity contribution in [3.63, 3.8) is 0 Å². The number of hydrogen-bond acceptors (Lipinski definition) is 3. The Hall–Kier alpha value is -2.10. The fourth-order valence-electron chi connectivity index (χ4n) is 3.23. The van der Waals surface area contributed by atoms with E-state index in [1.807, 2.05) is 18.2 Å². The number of morpholine rings is 1. The molecule has 0 aliphatic carbocycles. The maximum absolute atomic E-state index is 13.0. The molecule has 3 nitrogen and oxygen atoms in total. The number of halogens is 6. The van der Waals surface area contributed by atoms with Crippen LogP contribution in [0.1, 0.15) is 29.2 Å². The molecular weight excluding hydrogens is 400 g/mol. The first-order valence-corrected chi connectivity index (χ1v) is 8.83. The van der Waals surface area contributed by atoms with Crippen molar-refractivity contribution in [3.8, 4) is 0 Å². The number of ether oxygens (including phenoxy) is 2. The van der Waals surface area contributed by atoms with Crippen LogP contribution in [0.3, 0.4) is 0 Å². The molecule has 2 atom stereocenters. The van der Waals surface area contributed by atoms with E-state index in [9.17, 15) is 26.3 Å². The minimum atomic E-state index is -4.90. The van der Waals surface area contributed by atoms with Gasteiger partial charge in [0, 0.05) is 6.54 Å². The summed E-state index contributed by atoms with van der Waals surface area (Å²) in [6, 6.07) is 10.5. The highest BCUT2D eigenvalue weighted by molar-refractivity contribution is 5.33. The van der Waals surface area contributed by atoms with E-state index >= 15 is 0 Å². The summed E-state index contributed by atoms with van der Waals surface area (Å²) in [4.78, 5) is 0. The van der Waals surface area contributed by atoms with Crippen LogP contribution in [0.4, 0.5) is 26.3 Å². The SMILES string of the molecule is C[C@]1(c2ccccc2)OCCN[C@@H]1OCc1cc(C(F)(F)F)cc(C(F)(F)F)c1. The normalized spacial score (nSPS) is 23.2. The van der Waals surface area contributed by atoms with Crippen LogP contribution in [0, 0.1) is 0 Å². The molecule has 1 fully saturated rings. The zero-order valence-electron chi connectivity index (χ0n) is 15.4. The maximum atomic E-state index is 13.0.